The molecule has 0 fully saturated rings. The minimum atomic E-state index is -0.227. The fraction of sp³-hybridized carbons (Fsp3) is 0.200. The quantitative estimate of drug-likeness (QED) is 0.857. The van der Waals surface area contributed by atoms with E-state index in [-0.39, 0.29) is 5.82 Å². The van der Waals surface area contributed by atoms with Crippen molar-refractivity contribution in [1.29, 1.82) is 0 Å². The summed E-state index contributed by atoms with van der Waals surface area (Å²) in [6.45, 7) is 4.73. The van der Waals surface area contributed by atoms with Gasteiger partial charge in [0.05, 0.1) is 4.47 Å². The maximum atomic E-state index is 13.4. The van der Waals surface area contributed by atoms with E-state index in [1.807, 2.05) is 6.07 Å². The average Bonchev–Trinajstić information content (AvgIpc) is 2.33. The Kier molecular flexibility index (Phi) is 4.02. The van der Waals surface area contributed by atoms with E-state index in [9.17, 15) is 4.39 Å². The second kappa shape index (κ2) is 5.53. The van der Waals surface area contributed by atoms with Gasteiger partial charge in [0, 0.05) is 12.2 Å². The molecule has 0 saturated carbocycles. The Labute approximate surface area is 115 Å². The van der Waals surface area contributed by atoms with E-state index in [4.69, 9.17) is 0 Å². The normalized spacial score (nSPS) is 10.4. The summed E-state index contributed by atoms with van der Waals surface area (Å²) >= 11 is 3.27. The third-order valence-electron chi connectivity index (χ3n) is 2.88. The first-order chi connectivity index (χ1) is 8.58. The summed E-state index contributed by atoms with van der Waals surface area (Å²) < 4.78 is 13.9. The zero-order chi connectivity index (χ0) is 13.1. The van der Waals surface area contributed by atoms with Gasteiger partial charge in [0.25, 0.3) is 0 Å². The first-order valence-corrected chi connectivity index (χ1v) is 6.61. The van der Waals surface area contributed by atoms with Crippen LogP contribution < -0.4 is 5.32 Å². The molecule has 0 unspecified atom stereocenters. The fourth-order valence-electron chi connectivity index (χ4n) is 1.89. The monoisotopic (exact) mass is 307 g/mol. The molecule has 0 radical (unpaired) electrons. The van der Waals surface area contributed by atoms with Crippen LogP contribution in [0.3, 0.4) is 0 Å². The Hall–Kier alpha value is -1.35. The zero-order valence-electron chi connectivity index (χ0n) is 10.4. The lowest BCUT2D eigenvalue weighted by Gasteiger charge is -2.11. The van der Waals surface area contributed by atoms with Crippen molar-refractivity contribution in [3.63, 3.8) is 0 Å². The Bertz CT molecular complexity index is 566. The van der Waals surface area contributed by atoms with Crippen molar-refractivity contribution in [1.82, 2.24) is 0 Å². The van der Waals surface area contributed by atoms with E-state index in [2.05, 4.69) is 53.3 Å². The largest absolute Gasteiger partial charge is 0.381 e. The van der Waals surface area contributed by atoms with Crippen LogP contribution in [0.25, 0.3) is 0 Å². The van der Waals surface area contributed by atoms with Gasteiger partial charge in [-0.05, 0) is 53.0 Å². The molecule has 18 heavy (non-hydrogen) atoms. The van der Waals surface area contributed by atoms with Gasteiger partial charge in [0.15, 0.2) is 0 Å². The molecule has 0 aliphatic rings. The summed E-state index contributed by atoms with van der Waals surface area (Å²) in [4.78, 5) is 0. The molecule has 0 spiro atoms. The van der Waals surface area contributed by atoms with Crippen LogP contribution in [0.5, 0.6) is 0 Å². The molecule has 1 nitrogen and oxygen atoms in total. The van der Waals surface area contributed by atoms with E-state index >= 15 is 0 Å². The maximum absolute atomic E-state index is 13.4. The van der Waals surface area contributed by atoms with E-state index < -0.39 is 0 Å². The number of hydrogen-bond donors (Lipinski definition) is 1. The lowest BCUT2D eigenvalue weighted by molar-refractivity contribution is 0.618. The molecule has 0 aliphatic carbocycles. The van der Waals surface area contributed by atoms with Crippen molar-refractivity contribution in [3.05, 3.63) is 63.4 Å². The van der Waals surface area contributed by atoms with E-state index in [0.29, 0.717) is 11.0 Å². The third-order valence-corrected chi connectivity index (χ3v) is 3.77. The number of anilines is 1. The first kappa shape index (κ1) is 13.1. The summed E-state index contributed by atoms with van der Waals surface area (Å²) in [5.41, 5.74) is 4.43. The third kappa shape index (κ3) is 2.91. The number of aryl methyl sites for hydroxylation is 2. The van der Waals surface area contributed by atoms with Gasteiger partial charge >= 0.3 is 0 Å². The molecule has 0 saturated heterocycles. The summed E-state index contributed by atoms with van der Waals surface area (Å²) in [6.07, 6.45) is 0. The SMILES string of the molecule is Cc1ccc(NCc2cccc(F)c2Br)c(C)c1. The molecule has 0 heterocycles. The molecule has 0 bridgehead atoms. The van der Waals surface area contributed by atoms with Crippen molar-refractivity contribution in [2.75, 3.05) is 5.32 Å². The lowest BCUT2D eigenvalue weighted by atomic mass is 10.1. The highest BCUT2D eigenvalue weighted by Crippen LogP contribution is 2.22. The maximum Gasteiger partial charge on any atom is 0.137 e. The van der Waals surface area contributed by atoms with Crippen LogP contribution in [-0.4, -0.2) is 0 Å². The van der Waals surface area contributed by atoms with Crippen molar-refractivity contribution in [3.8, 4) is 0 Å². The Morgan fingerprint density at radius 3 is 2.67 bits per heavy atom. The van der Waals surface area contributed by atoms with Crippen molar-refractivity contribution in [2.24, 2.45) is 0 Å². The van der Waals surface area contributed by atoms with Gasteiger partial charge in [-0.3, -0.25) is 0 Å². The number of hydrogen-bond acceptors (Lipinski definition) is 1. The molecule has 0 aliphatic heterocycles. The highest BCUT2D eigenvalue weighted by Gasteiger charge is 2.05. The first-order valence-electron chi connectivity index (χ1n) is 5.82. The second-order valence-electron chi connectivity index (χ2n) is 4.38. The molecule has 2 aromatic rings. The molecular formula is C15H15BrFN. The van der Waals surface area contributed by atoms with Gasteiger partial charge in [-0.25, -0.2) is 4.39 Å². The zero-order valence-corrected chi connectivity index (χ0v) is 12.0. The summed E-state index contributed by atoms with van der Waals surface area (Å²) in [6, 6.07) is 11.3. The summed E-state index contributed by atoms with van der Waals surface area (Å²) in [5.74, 6) is -0.227. The predicted molar refractivity (Wildman–Crippen MR) is 77.3 cm³/mol. The van der Waals surface area contributed by atoms with Gasteiger partial charge in [-0.15, -0.1) is 0 Å². The van der Waals surface area contributed by atoms with Gasteiger partial charge < -0.3 is 5.32 Å². The van der Waals surface area contributed by atoms with Crippen LogP contribution in [0.1, 0.15) is 16.7 Å². The van der Waals surface area contributed by atoms with Crippen LogP contribution >= 0.6 is 15.9 Å². The van der Waals surface area contributed by atoms with Gasteiger partial charge in [-0.1, -0.05) is 29.8 Å². The van der Waals surface area contributed by atoms with Crippen LogP contribution in [0, 0.1) is 19.7 Å². The smallest absolute Gasteiger partial charge is 0.137 e. The molecule has 1 N–H and O–H groups in total. The molecule has 2 aromatic carbocycles. The molecule has 0 amide bonds. The summed E-state index contributed by atoms with van der Waals surface area (Å²) in [7, 11) is 0. The molecule has 0 aromatic heterocycles. The van der Waals surface area contributed by atoms with Gasteiger partial charge in [-0.2, -0.15) is 0 Å². The van der Waals surface area contributed by atoms with Crippen LogP contribution in [0.4, 0.5) is 10.1 Å². The van der Waals surface area contributed by atoms with E-state index in [0.717, 1.165) is 11.3 Å². The molecular weight excluding hydrogens is 293 g/mol. The predicted octanol–water partition coefficient (Wildman–Crippen LogP) is 4.82. The number of benzene rings is 2. The molecule has 3 heteroatoms. The number of nitrogens with one attached hydrogen (secondary N) is 1. The average molecular weight is 308 g/mol. The number of rotatable bonds is 3. The van der Waals surface area contributed by atoms with Gasteiger partial charge in [0.1, 0.15) is 5.82 Å². The van der Waals surface area contributed by atoms with Crippen molar-refractivity contribution >= 4 is 21.6 Å². The Morgan fingerprint density at radius 2 is 1.94 bits per heavy atom. The van der Waals surface area contributed by atoms with Gasteiger partial charge in [0.2, 0.25) is 0 Å². The van der Waals surface area contributed by atoms with Crippen molar-refractivity contribution in [2.45, 2.75) is 20.4 Å². The highest BCUT2D eigenvalue weighted by molar-refractivity contribution is 9.10. The van der Waals surface area contributed by atoms with E-state index in [1.165, 1.54) is 17.2 Å². The molecule has 2 rings (SSSR count). The van der Waals surface area contributed by atoms with Crippen LogP contribution in [0.2, 0.25) is 0 Å². The Balaban J connectivity index is 2.14. The highest BCUT2D eigenvalue weighted by atomic mass is 79.9. The molecule has 0 atom stereocenters. The van der Waals surface area contributed by atoms with Crippen LogP contribution in [0.15, 0.2) is 40.9 Å². The van der Waals surface area contributed by atoms with E-state index in [1.54, 1.807) is 6.07 Å². The second-order valence-corrected chi connectivity index (χ2v) is 5.18. The minimum absolute atomic E-state index is 0.227. The standard InChI is InChI=1S/C15H15BrFN/c1-10-6-7-14(11(2)8-10)18-9-12-4-3-5-13(17)15(12)16/h3-8,18H,9H2,1-2H3. The van der Waals surface area contributed by atoms with Crippen LogP contribution in [-0.2, 0) is 6.54 Å². The Morgan fingerprint density at radius 1 is 1.17 bits per heavy atom. The van der Waals surface area contributed by atoms with Crippen molar-refractivity contribution < 1.29 is 4.39 Å². The minimum Gasteiger partial charge on any atom is -0.381 e. The lowest BCUT2D eigenvalue weighted by Crippen LogP contribution is -2.02. The summed E-state index contributed by atoms with van der Waals surface area (Å²) in [5, 5.41) is 3.33. The number of halogens is 2. The fourth-order valence-corrected chi connectivity index (χ4v) is 2.29. The topological polar surface area (TPSA) is 12.0 Å². The molecule has 94 valence electrons.